The summed E-state index contributed by atoms with van der Waals surface area (Å²) in [6, 6.07) is 10.8. The highest BCUT2D eigenvalue weighted by Crippen LogP contribution is 2.35. The zero-order chi connectivity index (χ0) is 20.3. The zero-order valence-electron chi connectivity index (χ0n) is 15.0. The van der Waals surface area contributed by atoms with Crippen LogP contribution in [0.4, 0.5) is 0 Å². The molecule has 1 heterocycles. The number of esters is 2. The fourth-order valence-electron chi connectivity index (χ4n) is 2.46. The molecule has 0 amide bonds. The van der Waals surface area contributed by atoms with Crippen molar-refractivity contribution in [1.82, 2.24) is 0 Å². The van der Waals surface area contributed by atoms with Crippen LogP contribution in [0.3, 0.4) is 0 Å². The van der Waals surface area contributed by atoms with Gasteiger partial charge in [-0.1, -0.05) is 15.9 Å². The molecule has 8 heteroatoms. The molecule has 0 fully saturated rings. The van der Waals surface area contributed by atoms with Crippen molar-refractivity contribution in [2.24, 2.45) is 4.99 Å². The Kier molecular flexibility index (Phi) is 6.50. The first-order valence-corrected chi connectivity index (χ1v) is 10.2. The minimum absolute atomic E-state index is 0.177. The van der Waals surface area contributed by atoms with E-state index in [9.17, 15) is 9.59 Å². The molecule has 0 bridgehead atoms. The average molecular weight is 556 g/mol. The van der Waals surface area contributed by atoms with Crippen molar-refractivity contribution in [1.29, 1.82) is 0 Å². The number of halogens is 2. The molecule has 0 aliphatic carbocycles. The predicted octanol–water partition coefficient (Wildman–Crippen LogP) is 4.72. The Morgan fingerprint density at radius 3 is 2.64 bits per heavy atom. The summed E-state index contributed by atoms with van der Waals surface area (Å²) in [5, 5.41) is 0. The third-order valence-corrected chi connectivity index (χ3v) is 4.92. The molecule has 144 valence electrons. The summed E-state index contributed by atoms with van der Waals surface area (Å²) in [5.74, 6) is 0.0492. The Labute approximate surface area is 183 Å². The molecular weight excluding hydrogens is 541 g/mol. The van der Waals surface area contributed by atoms with Crippen molar-refractivity contribution in [3.63, 3.8) is 0 Å². The van der Waals surface area contributed by atoms with Crippen LogP contribution in [0, 0.1) is 3.57 Å². The quantitative estimate of drug-likeness (QED) is 0.231. The van der Waals surface area contributed by atoms with Crippen LogP contribution in [0.15, 0.2) is 51.6 Å². The second kappa shape index (κ2) is 8.87. The van der Waals surface area contributed by atoms with Crippen molar-refractivity contribution in [3.05, 3.63) is 61.3 Å². The molecule has 6 nitrogen and oxygen atoms in total. The van der Waals surface area contributed by atoms with Crippen LogP contribution in [0.5, 0.6) is 11.5 Å². The first-order chi connectivity index (χ1) is 13.4. The highest BCUT2D eigenvalue weighted by molar-refractivity contribution is 14.1. The lowest BCUT2D eigenvalue weighted by Gasteiger charge is -2.12. The molecule has 0 saturated heterocycles. The highest BCUT2D eigenvalue weighted by Gasteiger charge is 2.24. The van der Waals surface area contributed by atoms with Gasteiger partial charge in [0.1, 0.15) is 0 Å². The van der Waals surface area contributed by atoms with Crippen molar-refractivity contribution >= 4 is 62.4 Å². The maximum atomic E-state index is 12.2. The normalized spacial score (nSPS) is 14.6. The fourth-order valence-corrected chi connectivity index (χ4v) is 3.46. The molecule has 0 saturated carbocycles. The third kappa shape index (κ3) is 4.79. The summed E-state index contributed by atoms with van der Waals surface area (Å²) in [6.07, 6.45) is 1.61. The summed E-state index contributed by atoms with van der Waals surface area (Å²) in [7, 11) is 0. The van der Waals surface area contributed by atoms with Gasteiger partial charge in [-0.2, -0.15) is 0 Å². The minimum Gasteiger partial charge on any atom is -0.490 e. The molecule has 0 aromatic heterocycles. The molecule has 0 radical (unpaired) electrons. The van der Waals surface area contributed by atoms with Crippen molar-refractivity contribution < 1.29 is 23.8 Å². The molecule has 2 aromatic carbocycles. The number of carbonyl (C=O) groups is 2. The Balaban J connectivity index is 1.96. The predicted molar refractivity (Wildman–Crippen MR) is 116 cm³/mol. The summed E-state index contributed by atoms with van der Waals surface area (Å²) in [5.41, 5.74) is 1.56. The number of nitrogens with zero attached hydrogens (tertiary/aromatic N) is 1. The van der Waals surface area contributed by atoms with Gasteiger partial charge in [-0.15, -0.1) is 0 Å². The van der Waals surface area contributed by atoms with Crippen LogP contribution in [0.1, 0.15) is 25.0 Å². The van der Waals surface area contributed by atoms with Gasteiger partial charge in [-0.3, -0.25) is 4.79 Å². The molecule has 3 rings (SSSR count). The standard InChI is InChI=1S/C20H15BrINO5/c1-3-26-17-10-12(8-15(22)18(17)27-11(2)24)9-16-20(25)28-19(23-16)13-4-6-14(21)7-5-13/h4-10H,3H2,1-2H3. The lowest BCUT2D eigenvalue weighted by molar-refractivity contribution is -0.132. The maximum absolute atomic E-state index is 12.2. The van der Waals surface area contributed by atoms with Crippen LogP contribution < -0.4 is 9.47 Å². The molecule has 0 N–H and O–H groups in total. The van der Waals surface area contributed by atoms with E-state index < -0.39 is 11.9 Å². The number of rotatable bonds is 5. The second-order valence-corrected chi connectivity index (χ2v) is 7.78. The second-order valence-electron chi connectivity index (χ2n) is 5.70. The fraction of sp³-hybridized carbons (Fsp3) is 0.150. The van der Waals surface area contributed by atoms with Gasteiger partial charge in [-0.25, -0.2) is 9.79 Å². The Morgan fingerprint density at radius 2 is 2.00 bits per heavy atom. The summed E-state index contributed by atoms with van der Waals surface area (Å²) in [6.45, 7) is 3.56. The van der Waals surface area contributed by atoms with Crippen molar-refractivity contribution in [2.45, 2.75) is 13.8 Å². The van der Waals surface area contributed by atoms with Gasteiger partial charge in [0.2, 0.25) is 5.90 Å². The van der Waals surface area contributed by atoms with Crippen molar-refractivity contribution in [2.75, 3.05) is 6.61 Å². The van der Waals surface area contributed by atoms with E-state index in [1.54, 1.807) is 18.2 Å². The molecule has 0 unspecified atom stereocenters. The minimum atomic E-state index is -0.532. The summed E-state index contributed by atoms with van der Waals surface area (Å²) in [4.78, 5) is 27.9. The first-order valence-electron chi connectivity index (χ1n) is 8.30. The number of ether oxygens (including phenoxy) is 3. The molecule has 0 spiro atoms. The van der Waals surface area contributed by atoms with Gasteiger partial charge in [-0.05, 0) is 77.6 Å². The Hall–Kier alpha value is -2.20. The van der Waals surface area contributed by atoms with Gasteiger partial charge in [0, 0.05) is 17.0 Å². The SMILES string of the molecule is CCOc1cc(C=C2N=C(c3ccc(Br)cc3)OC2=O)cc(I)c1OC(C)=O. The van der Waals surface area contributed by atoms with Crippen LogP contribution >= 0.6 is 38.5 Å². The van der Waals surface area contributed by atoms with Crippen LogP contribution in [0.25, 0.3) is 6.08 Å². The summed E-state index contributed by atoms with van der Waals surface area (Å²) < 4.78 is 17.7. The number of aliphatic imine (C=N–C) groups is 1. The zero-order valence-corrected chi connectivity index (χ0v) is 18.7. The highest BCUT2D eigenvalue weighted by atomic mass is 127. The molecule has 2 aromatic rings. The van der Waals surface area contributed by atoms with Crippen molar-refractivity contribution in [3.8, 4) is 11.5 Å². The summed E-state index contributed by atoms with van der Waals surface area (Å²) >= 11 is 5.42. The topological polar surface area (TPSA) is 74.2 Å². The van der Waals surface area contributed by atoms with Crippen LogP contribution in [-0.2, 0) is 14.3 Å². The van der Waals surface area contributed by atoms with E-state index in [1.807, 2.05) is 53.8 Å². The maximum Gasteiger partial charge on any atom is 0.363 e. The van der Waals surface area contributed by atoms with Crippen LogP contribution in [0.2, 0.25) is 0 Å². The molecule has 1 aliphatic heterocycles. The average Bonchev–Trinajstić information content (AvgIpc) is 2.99. The Morgan fingerprint density at radius 1 is 1.29 bits per heavy atom. The first kappa shape index (κ1) is 20.5. The molecular formula is C20H15BrINO5. The number of hydrogen-bond donors (Lipinski definition) is 0. The number of hydrogen-bond acceptors (Lipinski definition) is 6. The van der Waals surface area contributed by atoms with Gasteiger partial charge >= 0.3 is 11.9 Å². The smallest absolute Gasteiger partial charge is 0.363 e. The number of cyclic esters (lactones) is 1. The van der Waals surface area contributed by atoms with E-state index in [-0.39, 0.29) is 11.6 Å². The Bertz CT molecular complexity index is 998. The third-order valence-electron chi connectivity index (χ3n) is 3.59. The van der Waals surface area contributed by atoms with Gasteiger partial charge in [0.05, 0.1) is 10.2 Å². The monoisotopic (exact) mass is 555 g/mol. The molecule has 0 atom stereocenters. The van der Waals surface area contributed by atoms with Gasteiger partial charge < -0.3 is 14.2 Å². The van der Waals surface area contributed by atoms with E-state index >= 15 is 0 Å². The number of carbonyl (C=O) groups excluding carboxylic acids is 2. The van der Waals surface area contributed by atoms with E-state index in [0.29, 0.717) is 32.8 Å². The molecule has 28 heavy (non-hydrogen) atoms. The number of benzene rings is 2. The van der Waals surface area contributed by atoms with E-state index in [4.69, 9.17) is 14.2 Å². The van der Waals surface area contributed by atoms with Gasteiger partial charge in [0.25, 0.3) is 0 Å². The van der Waals surface area contributed by atoms with E-state index in [1.165, 1.54) is 6.92 Å². The largest absolute Gasteiger partial charge is 0.490 e. The lowest BCUT2D eigenvalue weighted by Crippen LogP contribution is -2.06. The van der Waals surface area contributed by atoms with Gasteiger partial charge in [0.15, 0.2) is 17.2 Å². The van der Waals surface area contributed by atoms with Crippen LogP contribution in [-0.4, -0.2) is 24.4 Å². The lowest BCUT2D eigenvalue weighted by atomic mass is 10.1. The van der Waals surface area contributed by atoms with E-state index in [0.717, 1.165) is 4.47 Å². The van der Waals surface area contributed by atoms with E-state index in [2.05, 4.69) is 20.9 Å². The molecule has 1 aliphatic rings.